The summed E-state index contributed by atoms with van der Waals surface area (Å²) < 4.78 is 5.03. The molecule has 52 valence electrons. The molecule has 0 aromatic rings. The van der Waals surface area contributed by atoms with E-state index in [0.717, 1.165) is 0 Å². The van der Waals surface area contributed by atoms with Gasteiger partial charge in [0, 0.05) is 10.7 Å². The highest BCUT2D eigenvalue weighted by atomic mass is 32.2. The quantitative estimate of drug-likeness (QED) is 0.527. The summed E-state index contributed by atoms with van der Waals surface area (Å²) in [6, 6.07) is 0. The molecule has 0 saturated heterocycles. The van der Waals surface area contributed by atoms with Gasteiger partial charge in [-0.3, -0.25) is 0 Å². The first-order valence-corrected chi connectivity index (χ1v) is 4.31. The van der Waals surface area contributed by atoms with E-state index in [1.54, 1.807) is 6.26 Å². The number of rotatable bonds is 0. The molecule has 0 amide bonds. The largest absolute Gasteiger partial charge is 0.471 e. The Morgan fingerprint density at radius 1 is 1.50 bits per heavy atom. The maximum atomic E-state index is 5.03. The van der Waals surface area contributed by atoms with Gasteiger partial charge in [-0.05, 0) is 18.1 Å². The zero-order valence-electron chi connectivity index (χ0n) is 5.54. The standard InChI is InChI=1S/C8H8OS/c1-2-7-3-4-9-6-8(7)10-5-1/h2-4,6H,1,5H2. The summed E-state index contributed by atoms with van der Waals surface area (Å²) in [5.74, 6) is 1.19. The molecule has 0 atom stereocenters. The monoisotopic (exact) mass is 152 g/mol. The van der Waals surface area contributed by atoms with E-state index in [1.807, 2.05) is 24.1 Å². The van der Waals surface area contributed by atoms with E-state index >= 15 is 0 Å². The molecule has 2 rings (SSSR count). The van der Waals surface area contributed by atoms with Gasteiger partial charge in [-0.25, -0.2) is 0 Å². The van der Waals surface area contributed by atoms with Crippen molar-refractivity contribution in [1.29, 1.82) is 0 Å². The van der Waals surface area contributed by atoms with Gasteiger partial charge >= 0.3 is 0 Å². The molecule has 0 spiro atoms. The summed E-state index contributed by atoms with van der Waals surface area (Å²) in [5, 5.41) is 0. The van der Waals surface area contributed by atoms with E-state index < -0.39 is 0 Å². The van der Waals surface area contributed by atoms with Gasteiger partial charge in [-0.1, -0.05) is 6.08 Å². The highest BCUT2D eigenvalue weighted by molar-refractivity contribution is 8.03. The number of ether oxygens (including phenoxy) is 1. The second-order valence-electron chi connectivity index (χ2n) is 2.22. The van der Waals surface area contributed by atoms with Crippen LogP contribution in [0.2, 0.25) is 0 Å². The van der Waals surface area contributed by atoms with E-state index in [4.69, 9.17) is 4.74 Å². The van der Waals surface area contributed by atoms with Crippen LogP contribution in [0.1, 0.15) is 6.42 Å². The van der Waals surface area contributed by atoms with Gasteiger partial charge in [-0.15, -0.1) is 11.8 Å². The van der Waals surface area contributed by atoms with E-state index in [1.165, 1.54) is 22.7 Å². The number of allylic oxidation sites excluding steroid dienone is 3. The Kier molecular flexibility index (Phi) is 1.55. The predicted octanol–water partition coefficient (Wildman–Crippen LogP) is 2.44. The fourth-order valence-electron chi connectivity index (χ4n) is 1.03. The molecule has 0 N–H and O–H groups in total. The molecule has 0 saturated carbocycles. The lowest BCUT2D eigenvalue weighted by Gasteiger charge is -2.15. The SMILES string of the molecule is C1=CC2=CCCSC2=CO1. The smallest absolute Gasteiger partial charge is 0.104 e. The molecule has 0 fully saturated rings. The Hall–Kier alpha value is -0.630. The van der Waals surface area contributed by atoms with Crippen molar-refractivity contribution in [3.63, 3.8) is 0 Å². The average Bonchev–Trinajstić information content (AvgIpc) is 2.05. The molecule has 2 aliphatic heterocycles. The third kappa shape index (κ3) is 0.991. The van der Waals surface area contributed by atoms with Crippen LogP contribution in [0.4, 0.5) is 0 Å². The van der Waals surface area contributed by atoms with Crippen LogP contribution in [0.25, 0.3) is 0 Å². The van der Waals surface area contributed by atoms with Crippen molar-refractivity contribution in [2.24, 2.45) is 0 Å². The van der Waals surface area contributed by atoms with Gasteiger partial charge in [0.2, 0.25) is 0 Å². The minimum atomic E-state index is 1.18. The Balaban J connectivity index is 2.32. The molecular formula is C8H8OS. The van der Waals surface area contributed by atoms with E-state index in [9.17, 15) is 0 Å². The maximum Gasteiger partial charge on any atom is 0.104 e. The lowest BCUT2D eigenvalue weighted by molar-refractivity contribution is 0.397. The number of hydrogen-bond donors (Lipinski definition) is 0. The second-order valence-corrected chi connectivity index (χ2v) is 3.35. The summed E-state index contributed by atoms with van der Waals surface area (Å²) >= 11 is 1.86. The Labute approximate surface area is 64.5 Å². The summed E-state index contributed by atoms with van der Waals surface area (Å²) in [6.07, 6.45) is 8.99. The molecule has 2 heteroatoms. The van der Waals surface area contributed by atoms with Crippen LogP contribution < -0.4 is 0 Å². The molecule has 0 radical (unpaired) electrons. The van der Waals surface area contributed by atoms with Crippen LogP contribution in [0, 0.1) is 0 Å². The first-order chi connectivity index (χ1) is 4.97. The maximum absolute atomic E-state index is 5.03. The summed E-state index contributed by atoms with van der Waals surface area (Å²) in [5.41, 5.74) is 1.32. The predicted molar refractivity (Wildman–Crippen MR) is 43.5 cm³/mol. The van der Waals surface area contributed by atoms with Crippen molar-refractivity contribution in [1.82, 2.24) is 0 Å². The van der Waals surface area contributed by atoms with Gasteiger partial charge in [-0.2, -0.15) is 0 Å². The number of thioether (sulfide) groups is 1. The van der Waals surface area contributed by atoms with Crippen molar-refractivity contribution < 1.29 is 4.74 Å². The van der Waals surface area contributed by atoms with Crippen molar-refractivity contribution in [3.8, 4) is 0 Å². The fourth-order valence-corrected chi connectivity index (χ4v) is 1.93. The van der Waals surface area contributed by atoms with Crippen LogP contribution in [0.3, 0.4) is 0 Å². The van der Waals surface area contributed by atoms with E-state index in [0.29, 0.717) is 0 Å². The molecule has 0 unspecified atom stereocenters. The molecule has 1 nitrogen and oxygen atoms in total. The lowest BCUT2D eigenvalue weighted by atomic mass is 10.2. The summed E-state index contributed by atoms with van der Waals surface area (Å²) in [7, 11) is 0. The minimum Gasteiger partial charge on any atom is -0.471 e. The molecular weight excluding hydrogens is 144 g/mol. The van der Waals surface area contributed by atoms with Gasteiger partial charge in [0.1, 0.15) is 6.26 Å². The van der Waals surface area contributed by atoms with Gasteiger partial charge in [0.15, 0.2) is 0 Å². The normalized spacial score (nSPS) is 22.4. The van der Waals surface area contributed by atoms with Gasteiger partial charge in [0.25, 0.3) is 0 Å². The Morgan fingerprint density at radius 2 is 2.50 bits per heavy atom. The van der Waals surface area contributed by atoms with Crippen LogP contribution in [-0.4, -0.2) is 5.75 Å². The van der Waals surface area contributed by atoms with Crippen molar-refractivity contribution in [3.05, 3.63) is 35.2 Å². The third-order valence-electron chi connectivity index (χ3n) is 1.53. The first-order valence-electron chi connectivity index (χ1n) is 3.32. The molecule has 10 heavy (non-hydrogen) atoms. The van der Waals surface area contributed by atoms with E-state index in [2.05, 4.69) is 6.08 Å². The van der Waals surface area contributed by atoms with Crippen molar-refractivity contribution in [2.45, 2.75) is 6.42 Å². The first kappa shape index (κ1) is 6.10. The van der Waals surface area contributed by atoms with Crippen LogP contribution in [0.5, 0.6) is 0 Å². The highest BCUT2D eigenvalue weighted by Crippen LogP contribution is 2.32. The topological polar surface area (TPSA) is 9.23 Å². The highest BCUT2D eigenvalue weighted by Gasteiger charge is 2.10. The Morgan fingerprint density at radius 3 is 3.40 bits per heavy atom. The molecule has 0 aromatic carbocycles. The zero-order chi connectivity index (χ0) is 6.81. The second kappa shape index (κ2) is 2.54. The zero-order valence-corrected chi connectivity index (χ0v) is 6.36. The number of hydrogen-bond acceptors (Lipinski definition) is 2. The number of fused-ring (bicyclic) bond motifs is 1. The average molecular weight is 152 g/mol. The lowest BCUT2D eigenvalue weighted by Crippen LogP contribution is -1.95. The molecule has 0 aliphatic carbocycles. The van der Waals surface area contributed by atoms with Crippen LogP contribution in [-0.2, 0) is 4.74 Å². The van der Waals surface area contributed by atoms with E-state index in [-0.39, 0.29) is 0 Å². The van der Waals surface area contributed by atoms with Crippen molar-refractivity contribution in [2.75, 3.05) is 5.75 Å². The summed E-state index contributed by atoms with van der Waals surface area (Å²) in [4.78, 5) is 1.27. The molecule has 0 aromatic heterocycles. The van der Waals surface area contributed by atoms with Gasteiger partial charge in [0.05, 0.1) is 6.26 Å². The fraction of sp³-hybridized carbons (Fsp3) is 0.250. The van der Waals surface area contributed by atoms with Crippen LogP contribution >= 0.6 is 11.8 Å². The van der Waals surface area contributed by atoms with Gasteiger partial charge < -0.3 is 4.74 Å². The molecule has 2 heterocycles. The third-order valence-corrected chi connectivity index (χ3v) is 2.61. The Bertz CT molecular complexity index is 225. The summed E-state index contributed by atoms with van der Waals surface area (Å²) in [6.45, 7) is 0. The minimum absolute atomic E-state index is 1.18. The van der Waals surface area contributed by atoms with Crippen molar-refractivity contribution >= 4 is 11.8 Å². The molecule has 2 aliphatic rings. The molecule has 0 bridgehead atoms. The van der Waals surface area contributed by atoms with Crippen LogP contribution in [0.15, 0.2) is 35.2 Å².